The lowest BCUT2D eigenvalue weighted by Gasteiger charge is -2.35. The first-order valence-corrected chi connectivity index (χ1v) is 6.85. The van der Waals surface area contributed by atoms with E-state index in [1.54, 1.807) is 0 Å². The van der Waals surface area contributed by atoms with E-state index in [4.69, 9.17) is 0 Å². The third-order valence-corrected chi connectivity index (χ3v) is 3.45. The number of hydrogen-bond donors (Lipinski definition) is 2. The van der Waals surface area contributed by atoms with Gasteiger partial charge in [0.15, 0.2) is 0 Å². The minimum Gasteiger partial charge on any atom is -0.360 e. The number of hydrogen-bond acceptors (Lipinski definition) is 3. The smallest absolute Gasteiger partial charge is 0.239 e. The lowest BCUT2D eigenvalue weighted by molar-refractivity contribution is -0.121. The molecule has 1 unspecified atom stereocenters. The van der Waals surface area contributed by atoms with Crippen molar-refractivity contribution in [2.45, 2.75) is 26.3 Å². The first-order chi connectivity index (χ1) is 9.08. The van der Waals surface area contributed by atoms with Gasteiger partial charge in [-0.1, -0.05) is 6.07 Å². The maximum absolute atomic E-state index is 11.8. The predicted molar refractivity (Wildman–Crippen MR) is 78.6 cm³/mol. The second kappa shape index (κ2) is 6.06. The molecule has 0 aliphatic carbocycles. The van der Waals surface area contributed by atoms with Gasteiger partial charge in [-0.15, -0.1) is 0 Å². The largest absolute Gasteiger partial charge is 0.360 e. The number of carbonyl (C=O) groups is 1. The Balaban J connectivity index is 2.12. The van der Waals surface area contributed by atoms with Gasteiger partial charge < -0.3 is 15.5 Å². The van der Waals surface area contributed by atoms with Crippen molar-refractivity contribution in [3.8, 4) is 0 Å². The molecule has 4 nitrogen and oxygen atoms in total. The molecular weight excluding hydrogens is 238 g/mol. The van der Waals surface area contributed by atoms with Crippen LogP contribution in [0.5, 0.6) is 0 Å². The quantitative estimate of drug-likeness (QED) is 0.856. The first kappa shape index (κ1) is 13.9. The third-order valence-electron chi connectivity index (χ3n) is 3.45. The van der Waals surface area contributed by atoms with Crippen molar-refractivity contribution in [2.75, 3.05) is 31.6 Å². The molecule has 1 amide bonds. The van der Waals surface area contributed by atoms with Gasteiger partial charge in [0.05, 0.1) is 6.54 Å². The van der Waals surface area contributed by atoms with Crippen LogP contribution in [-0.4, -0.2) is 38.6 Å². The number of piperazine rings is 1. The molecule has 104 valence electrons. The number of rotatable bonds is 4. The van der Waals surface area contributed by atoms with Crippen LogP contribution in [0, 0.1) is 13.8 Å². The summed E-state index contributed by atoms with van der Waals surface area (Å²) in [7, 11) is 1.94. The Morgan fingerprint density at radius 2 is 2.00 bits per heavy atom. The summed E-state index contributed by atoms with van der Waals surface area (Å²) < 4.78 is 0. The van der Waals surface area contributed by atoms with Gasteiger partial charge in [-0.2, -0.15) is 0 Å². The van der Waals surface area contributed by atoms with Crippen molar-refractivity contribution in [3.63, 3.8) is 0 Å². The van der Waals surface area contributed by atoms with Crippen molar-refractivity contribution in [1.29, 1.82) is 0 Å². The lowest BCUT2D eigenvalue weighted by atomic mass is 10.1. The molecule has 1 aromatic carbocycles. The summed E-state index contributed by atoms with van der Waals surface area (Å²) in [4.78, 5) is 14.0. The summed E-state index contributed by atoms with van der Waals surface area (Å²) in [6.45, 7) is 6.46. The van der Waals surface area contributed by atoms with Crippen molar-refractivity contribution < 1.29 is 4.79 Å². The van der Waals surface area contributed by atoms with E-state index < -0.39 is 0 Å². The highest BCUT2D eigenvalue weighted by Crippen LogP contribution is 2.20. The second-order valence-corrected chi connectivity index (χ2v) is 5.38. The molecule has 19 heavy (non-hydrogen) atoms. The zero-order valence-corrected chi connectivity index (χ0v) is 12.0. The fraction of sp³-hybridized carbons (Fsp3) is 0.533. The van der Waals surface area contributed by atoms with Crippen LogP contribution < -0.4 is 15.5 Å². The van der Waals surface area contributed by atoms with Crippen LogP contribution in [0.3, 0.4) is 0 Å². The Bertz CT molecular complexity index is 438. The van der Waals surface area contributed by atoms with Crippen LogP contribution in [0.15, 0.2) is 18.2 Å². The monoisotopic (exact) mass is 261 g/mol. The molecule has 1 fully saturated rings. The Hall–Kier alpha value is -1.55. The summed E-state index contributed by atoms with van der Waals surface area (Å²) in [5.41, 5.74) is 3.64. The molecule has 1 aliphatic heterocycles. The Morgan fingerprint density at radius 1 is 1.32 bits per heavy atom. The van der Waals surface area contributed by atoms with E-state index in [9.17, 15) is 4.79 Å². The van der Waals surface area contributed by atoms with Crippen molar-refractivity contribution in [3.05, 3.63) is 29.3 Å². The van der Waals surface area contributed by atoms with Crippen LogP contribution in [-0.2, 0) is 4.79 Å². The molecule has 0 bridgehead atoms. The Morgan fingerprint density at radius 3 is 2.63 bits per heavy atom. The van der Waals surface area contributed by atoms with E-state index in [0.717, 1.165) is 25.2 Å². The maximum Gasteiger partial charge on any atom is 0.239 e. The number of anilines is 1. The van der Waals surface area contributed by atoms with E-state index in [1.165, 1.54) is 11.1 Å². The molecule has 2 N–H and O–H groups in total. The molecule has 1 heterocycles. The summed E-state index contributed by atoms with van der Waals surface area (Å²) in [5, 5.41) is 6.19. The standard InChI is InChI=1S/C15H23N3O/c1-11-6-12(2)8-14(7-11)18-9-13(4-5-16-3)17-15(19)10-18/h6-8,13,16H,4-5,9-10H2,1-3H3,(H,17,19). The van der Waals surface area contributed by atoms with E-state index in [2.05, 4.69) is 47.6 Å². The molecule has 2 rings (SSSR count). The maximum atomic E-state index is 11.8. The summed E-state index contributed by atoms with van der Waals surface area (Å²) >= 11 is 0. The van der Waals surface area contributed by atoms with Gasteiger partial charge in [0.1, 0.15) is 0 Å². The topological polar surface area (TPSA) is 44.4 Å². The van der Waals surface area contributed by atoms with Crippen LogP contribution in [0.2, 0.25) is 0 Å². The van der Waals surface area contributed by atoms with Gasteiger partial charge in [0.2, 0.25) is 5.91 Å². The molecular formula is C15H23N3O. The SMILES string of the molecule is CNCCC1CN(c2cc(C)cc(C)c2)CC(=O)N1. The molecule has 0 aromatic heterocycles. The fourth-order valence-corrected chi connectivity index (χ4v) is 2.63. The minimum absolute atomic E-state index is 0.117. The number of nitrogens with zero attached hydrogens (tertiary/aromatic N) is 1. The highest BCUT2D eigenvalue weighted by molar-refractivity contribution is 5.83. The predicted octanol–water partition coefficient (Wildman–Crippen LogP) is 1.22. The van der Waals surface area contributed by atoms with Crippen molar-refractivity contribution >= 4 is 11.6 Å². The number of benzene rings is 1. The summed E-state index contributed by atoms with van der Waals surface area (Å²) in [6.07, 6.45) is 0.962. The summed E-state index contributed by atoms with van der Waals surface area (Å²) in [5.74, 6) is 0.117. The molecule has 1 saturated heterocycles. The lowest BCUT2D eigenvalue weighted by Crippen LogP contribution is -2.54. The van der Waals surface area contributed by atoms with Gasteiger partial charge in [-0.05, 0) is 57.1 Å². The minimum atomic E-state index is 0.117. The van der Waals surface area contributed by atoms with Crippen molar-refractivity contribution in [1.82, 2.24) is 10.6 Å². The van der Waals surface area contributed by atoms with Crippen LogP contribution in [0.4, 0.5) is 5.69 Å². The number of amides is 1. The molecule has 1 aliphatic rings. The number of nitrogens with one attached hydrogen (secondary N) is 2. The number of aryl methyl sites for hydroxylation is 2. The molecule has 0 radical (unpaired) electrons. The van der Waals surface area contributed by atoms with E-state index >= 15 is 0 Å². The van der Waals surface area contributed by atoms with Crippen LogP contribution in [0.1, 0.15) is 17.5 Å². The van der Waals surface area contributed by atoms with Gasteiger partial charge in [-0.25, -0.2) is 0 Å². The normalized spacial score (nSPS) is 19.4. The molecule has 0 spiro atoms. The molecule has 1 atom stereocenters. The van der Waals surface area contributed by atoms with Gasteiger partial charge in [0, 0.05) is 18.3 Å². The average molecular weight is 261 g/mol. The number of carbonyl (C=O) groups excluding carboxylic acids is 1. The summed E-state index contributed by atoms with van der Waals surface area (Å²) in [6, 6.07) is 6.70. The Kier molecular flexibility index (Phi) is 4.43. The molecule has 0 saturated carbocycles. The van der Waals surface area contributed by atoms with Gasteiger partial charge in [-0.3, -0.25) is 4.79 Å². The molecule has 4 heteroatoms. The Labute approximate surface area is 115 Å². The van der Waals surface area contributed by atoms with E-state index in [0.29, 0.717) is 6.54 Å². The zero-order valence-electron chi connectivity index (χ0n) is 12.0. The molecule has 1 aromatic rings. The highest BCUT2D eigenvalue weighted by atomic mass is 16.2. The fourth-order valence-electron chi connectivity index (χ4n) is 2.63. The average Bonchev–Trinajstić information content (AvgIpc) is 2.34. The van der Waals surface area contributed by atoms with Crippen LogP contribution >= 0.6 is 0 Å². The van der Waals surface area contributed by atoms with Gasteiger partial charge in [0.25, 0.3) is 0 Å². The zero-order chi connectivity index (χ0) is 13.8. The van der Waals surface area contributed by atoms with Gasteiger partial charge >= 0.3 is 0 Å². The second-order valence-electron chi connectivity index (χ2n) is 5.38. The van der Waals surface area contributed by atoms with E-state index in [1.807, 2.05) is 7.05 Å². The van der Waals surface area contributed by atoms with Crippen LogP contribution in [0.25, 0.3) is 0 Å². The third kappa shape index (κ3) is 3.70. The van der Waals surface area contributed by atoms with Crippen molar-refractivity contribution in [2.24, 2.45) is 0 Å². The first-order valence-electron chi connectivity index (χ1n) is 6.85. The van der Waals surface area contributed by atoms with E-state index in [-0.39, 0.29) is 11.9 Å². The highest BCUT2D eigenvalue weighted by Gasteiger charge is 2.24.